The minimum Gasteiger partial charge on any atom is -0.460 e. The minimum absolute atomic E-state index is 0.467. The zero-order chi connectivity index (χ0) is 11.4. The molecule has 2 rings (SSSR count). The van der Waals surface area contributed by atoms with Gasteiger partial charge in [-0.3, -0.25) is 4.98 Å². The zero-order valence-electron chi connectivity index (χ0n) is 9.60. The van der Waals surface area contributed by atoms with E-state index in [2.05, 4.69) is 24.1 Å². The fraction of sp³-hybridized carbons (Fsp3) is 0.308. The average molecular weight is 216 g/mol. The highest BCUT2D eigenvalue weighted by molar-refractivity contribution is 5.56. The first kappa shape index (κ1) is 10.9. The molecule has 0 atom stereocenters. The molecule has 16 heavy (non-hydrogen) atoms. The first-order valence-electron chi connectivity index (χ1n) is 5.48. The van der Waals surface area contributed by atoms with Crippen molar-refractivity contribution in [1.29, 1.82) is 0 Å². The predicted molar refractivity (Wildman–Crippen MR) is 63.9 cm³/mol. The van der Waals surface area contributed by atoms with Crippen molar-refractivity contribution in [3.05, 3.63) is 42.4 Å². The van der Waals surface area contributed by atoms with Crippen LogP contribution in [0.25, 0.3) is 11.3 Å². The molecule has 2 heterocycles. The molecule has 0 spiro atoms. The molecule has 1 N–H and O–H groups in total. The third-order valence-corrected chi connectivity index (χ3v) is 2.31. The van der Waals surface area contributed by atoms with Crippen LogP contribution in [0.3, 0.4) is 0 Å². The van der Waals surface area contributed by atoms with Crippen molar-refractivity contribution >= 4 is 0 Å². The minimum atomic E-state index is 0.467. The van der Waals surface area contributed by atoms with E-state index in [1.54, 1.807) is 12.4 Å². The summed E-state index contributed by atoms with van der Waals surface area (Å²) in [7, 11) is 0. The van der Waals surface area contributed by atoms with Gasteiger partial charge in [0.2, 0.25) is 0 Å². The molecule has 0 aromatic carbocycles. The fourth-order valence-corrected chi connectivity index (χ4v) is 1.45. The number of nitrogens with one attached hydrogen (secondary N) is 1. The maximum atomic E-state index is 5.73. The second-order valence-electron chi connectivity index (χ2n) is 4.04. The summed E-state index contributed by atoms with van der Waals surface area (Å²) in [6.45, 7) is 5.00. The van der Waals surface area contributed by atoms with Gasteiger partial charge in [0.1, 0.15) is 11.5 Å². The Hall–Kier alpha value is -1.61. The number of furan rings is 1. The summed E-state index contributed by atoms with van der Waals surface area (Å²) >= 11 is 0. The van der Waals surface area contributed by atoms with Crippen LogP contribution in [0.5, 0.6) is 0 Å². The quantitative estimate of drug-likeness (QED) is 0.854. The van der Waals surface area contributed by atoms with Gasteiger partial charge in [0.15, 0.2) is 0 Å². The van der Waals surface area contributed by atoms with Crippen molar-refractivity contribution in [2.24, 2.45) is 0 Å². The second kappa shape index (κ2) is 4.94. The van der Waals surface area contributed by atoms with Crippen molar-refractivity contribution in [3.8, 4) is 11.3 Å². The monoisotopic (exact) mass is 216 g/mol. The lowest BCUT2D eigenvalue weighted by Crippen LogP contribution is -2.21. The third kappa shape index (κ3) is 2.70. The van der Waals surface area contributed by atoms with Gasteiger partial charge in [-0.2, -0.15) is 0 Å². The van der Waals surface area contributed by atoms with E-state index in [9.17, 15) is 0 Å². The van der Waals surface area contributed by atoms with Crippen molar-refractivity contribution < 1.29 is 4.42 Å². The number of aromatic nitrogens is 1. The number of nitrogens with zero attached hydrogens (tertiary/aromatic N) is 1. The van der Waals surface area contributed by atoms with Crippen molar-refractivity contribution in [1.82, 2.24) is 10.3 Å². The number of hydrogen-bond donors (Lipinski definition) is 1. The molecule has 2 aromatic heterocycles. The lowest BCUT2D eigenvalue weighted by molar-refractivity contribution is 0.473. The first-order chi connectivity index (χ1) is 7.75. The first-order valence-corrected chi connectivity index (χ1v) is 5.48. The second-order valence-corrected chi connectivity index (χ2v) is 4.04. The van der Waals surface area contributed by atoms with Gasteiger partial charge in [0, 0.05) is 24.0 Å². The average Bonchev–Trinajstić information content (AvgIpc) is 2.76. The van der Waals surface area contributed by atoms with Crippen molar-refractivity contribution in [2.45, 2.75) is 26.4 Å². The molecular weight excluding hydrogens is 200 g/mol. The Labute approximate surface area is 95.5 Å². The van der Waals surface area contributed by atoms with Crippen LogP contribution in [-0.2, 0) is 6.54 Å². The summed E-state index contributed by atoms with van der Waals surface area (Å²) in [5.41, 5.74) is 1.06. The van der Waals surface area contributed by atoms with E-state index in [1.165, 1.54) is 0 Å². The molecule has 0 saturated carbocycles. The predicted octanol–water partition coefficient (Wildman–Crippen LogP) is 2.84. The molecule has 0 aliphatic heterocycles. The Bertz CT molecular complexity index is 434. The molecular formula is C13H16N2O. The lowest BCUT2D eigenvalue weighted by Gasteiger charge is -2.04. The van der Waals surface area contributed by atoms with E-state index in [-0.39, 0.29) is 0 Å². The Kier molecular flexibility index (Phi) is 3.37. The van der Waals surface area contributed by atoms with Crippen LogP contribution in [0.15, 0.2) is 41.1 Å². The Morgan fingerprint density at radius 1 is 1.19 bits per heavy atom. The van der Waals surface area contributed by atoms with Gasteiger partial charge in [0.05, 0.1) is 6.54 Å². The highest BCUT2D eigenvalue weighted by Gasteiger charge is 2.04. The van der Waals surface area contributed by atoms with Crippen molar-refractivity contribution in [2.75, 3.05) is 0 Å². The maximum absolute atomic E-state index is 5.73. The van der Waals surface area contributed by atoms with Gasteiger partial charge in [-0.1, -0.05) is 13.8 Å². The zero-order valence-corrected chi connectivity index (χ0v) is 9.60. The molecule has 3 nitrogen and oxygen atoms in total. The molecule has 0 fully saturated rings. The number of pyridine rings is 1. The highest BCUT2D eigenvalue weighted by atomic mass is 16.3. The molecule has 84 valence electrons. The van der Waals surface area contributed by atoms with Crippen LogP contribution in [0.1, 0.15) is 19.6 Å². The molecule has 0 bridgehead atoms. The third-order valence-electron chi connectivity index (χ3n) is 2.31. The van der Waals surface area contributed by atoms with Gasteiger partial charge < -0.3 is 9.73 Å². The maximum Gasteiger partial charge on any atom is 0.134 e. The Morgan fingerprint density at radius 2 is 1.94 bits per heavy atom. The molecule has 0 radical (unpaired) electrons. The fourth-order valence-electron chi connectivity index (χ4n) is 1.45. The molecule has 0 saturated heterocycles. The van der Waals surface area contributed by atoms with Crippen LogP contribution in [-0.4, -0.2) is 11.0 Å². The van der Waals surface area contributed by atoms with E-state index >= 15 is 0 Å². The standard InChI is InChI=1S/C13H16N2O/c1-10(2)15-9-12-3-4-13(16-12)11-5-7-14-8-6-11/h3-8,10,15H,9H2,1-2H3. The van der Waals surface area contributed by atoms with Gasteiger partial charge in [0.25, 0.3) is 0 Å². The van der Waals surface area contributed by atoms with Crippen LogP contribution in [0.4, 0.5) is 0 Å². The van der Waals surface area contributed by atoms with Crippen molar-refractivity contribution in [3.63, 3.8) is 0 Å². The largest absolute Gasteiger partial charge is 0.460 e. The van der Waals surface area contributed by atoms with Gasteiger partial charge in [-0.25, -0.2) is 0 Å². The molecule has 0 aliphatic carbocycles. The summed E-state index contributed by atoms with van der Waals surface area (Å²) < 4.78 is 5.73. The van der Waals surface area contributed by atoms with Gasteiger partial charge in [-0.15, -0.1) is 0 Å². The van der Waals surface area contributed by atoms with Gasteiger partial charge >= 0.3 is 0 Å². The van der Waals surface area contributed by atoms with Crippen LogP contribution >= 0.6 is 0 Å². The summed E-state index contributed by atoms with van der Waals surface area (Å²) in [4.78, 5) is 3.98. The van der Waals surface area contributed by atoms with E-state index in [0.717, 1.165) is 23.6 Å². The lowest BCUT2D eigenvalue weighted by atomic mass is 10.2. The SMILES string of the molecule is CC(C)NCc1ccc(-c2ccncc2)o1. The summed E-state index contributed by atoms with van der Waals surface area (Å²) in [6.07, 6.45) is 3.54. The summed E-state index contributed by atoms with van der Waals surface area (Å²) in [5.74, 6) is 1.85. The molecule has 0 aliphatic rings. The van der Waals surface area contributed by atoms with Crippen LogP contribution in [0, 0.1) is 0 Å². The van der Waals surface area contributed by atoms with E-state index in [0.29, 0.717) is 6.04 Å². The smallest absolute Gasteiger partial charge is 0.134 e. The summed E-state index contributed by atoms with van der Waals surface area (Å²) in [5, 5.41) is 3.32. The van der Waals surface area contributed by atoms with Gasteiger partial charge in [-0.05, 0) is 24.3 Å². The molecule has 0 unspecified atom stereocenters. The van der Waals surface area contributed by atoms with E-state index < -0.39 is 0 Å². The highest BCUT2D eigenvalue weighted by Crippen LogP contribution is 2.21. The number of rotatable bonds is 4. The Morgan fingerprint density at radius 3 is 2.62 bits per heavy atom. The Balaban J connectivity index is 2.08. The molecule has 0 amide bonds. The molecule has 2 aromatic rings. The number of hydrogen-bond acceptors (Lipinski definition) is 3. The normalized spacial score (nSPS) is 10.9. The summed E-state index contributed by atoms with van der Waals surface area (Å²) in [6, 6.07) is 8.35. The topological polar surface area (TPSA) is 38.1 Å². The molecule has 3 heteroatoms. The van der Waals surface area contributed by atoms with Crippen LogP contribution < -0.4 is 5.32 Å². The van der Waals surface area contributed by atoms with E-state index in [1.807, 2.05) is 24.3 Å². The van der Waals surface area contributed by atoms with Crippen LogP contribution in [0.2, 0.25) is 0 Å². The van der Waals surface area contributed by atoms with E-state index in [4.69, 9.17) is 4.42 Å².